The van der Waals surface area contributed by atoms with E-state index in [1.807, 2.05) is 13.8 Å². The first-order valence-electron chi connectivity index (χ1n) is 12.6. The Kier molecular flexibility index (Phi) is 9.98. The molecule has 214 valence electrons. The highest BCUT2D eigenvalue weighted by Gasteiger charge is 2.32. The number of hydrogen-bond acceptors (Lipinski definition) is 7. The third-order valence-corrected chi connectivity index (χ3v) is 7.76. The minimum atomic E-state index is -4.21. The zero-order valence-electron chi connectivity index (χ0n) is 22.7. The molecule has 0 spiro atoms. The van der Waals surface area contributed by atoms with E-state index in [2.05, 4.69) is 9.62 Å². The molecule has 1 amide bonds. The molecule has 3 rings (SSSR count). The van der Waals surface area contributed by atoms with E-state index in [1.165, 1.54) is 30.3 Å². The largest absolute Gasteiger partial charge is 0.482 e. The number of carbonyl (C=O) groups excluding carboxylic acids is 2. The molecule has 0 unspecified atom stereocenters. The summed E-state index contributed by atoms with van der Waals surface area (Å²) in [6.45, 7) is 9.69. The molecule has 2 aromatic rings. The Balaban J connectivity index is 1.63. The summed E-state index contributed by atoms with van der Waals surface area (Å²) in [6.07, 6.45) is 0. The summed E-state index contributed by atoms with van der Waals surface area (Å²) in [7, 11) is -4.21. The Morgan fingerprint density at radius 1 is 1.08 bits per heavy atom. The van der Waals surface area contributed by atoms with Gasteiger partial charge in [0.15, 0.2) is 6.61 Å². The zero-order chi connectivity index (χ0) is 29.0. The smallest absolute Gasteiger partial charge is 0.321 e. The third-order valence-electron chi connectivity index (χ3n) is 6.11. The fraction of sp³-hybridized carbons (Fsp3) is 0.481. The Labute approximate surface area is 234 Å². The summed E-state index contributed by atoms with van der Waals surface area (Å²) in [5.74, 6) is -1.39. The zero-order valence-corrected chi connectivity index (χ0v) is 24.3. The molecule has 0 aliphatic carbocycles. The quantitative estimate of drug-likeness (QED) is 0.450. The number of ether oxygens (including phenoxy) is 2. The lowest BCUT2D eigenvalue weighted by Gasteiger charge is -2.44. The van der Waals surface area contributed by atoms with Gasteiger partial charge in [-0.2, -0.15) is 4.72 Å². The molecule has 9 nitrogen and oxygen atoms in total. The molecule has 0 bridgehead atoms. The SMILES string of the molecule is C[C@@H]1CN(Cc2ccc(F)cc2)[C@@H](C)CN1C(=O)COc1ccc(Cl)cc1S(=O)(=O)NCC(=O)OC(C)(C)C. The Hall–Kier alpha value is -2.73. The molecular formula is C27H35ClFN3O6S. The van der Waals surface area contributed by atoms with Crippen LogP contribution in [0.2, 0.25) is 5.02 Å². The van der Waals surface area contributed by atoms with Crippen LogP contribution in [-0.2, 0) is 30.9 Å². The number of amides is 1. The minimum Gasteiger partial charge on any atom is -0.482 e. The number of esters is 1. The second-order valence-electron chi connectivity index (χ2n) is 10.6. The number of sulfonamides is 1. The molecule has 1 aliphatic heterocycles. The number of rotatable bonds is 9. The molecule has 1 aliphatic rings. The first-order valence-corrected chi connectivity index (χ1v) is 14.4. The Morgan fingerprint density at radius 2 is 1.74 bits per heavy atom. The molecular weight excluding hydrogens is 549 g/mol. The maximum atomic E-state index is 13.2. The van der Waals surface area contributed by atoms with Crippen molar-refractivity contribution in [2.45, 2.75) is 63.7 Å². The van der Waals surface area contributed by atoms with Crippen LogP contribution in [0.3, 0.4) is 0 Å². The average molecular weight is 584 g/mol. The highest BCUT2D eigenvalue weighted by atomic mass is 35.5. The van der Waals surface area contributed by atoms with E-state index >= 15 is 0 Å². The lowest BCUT2D eigenvalue weighted by Crippen LogP contribution is -2.58. The number of carbonyl (C=O) groups is 2. The summed E-state index contributed by atoms with van der Waals surface area (Å²) >= 11 is 6.03. The first kappa shape index (κ1) is 30.8. The summed E-state index contributed by atoms with van der Waals surface area (Å²) in [5.41, 5.74) is 0.212. The highest BCUT2D eigenvalue weighted by Crippen LogP contribution is 2.28. The van der Waals surface area contributed by atoms with Crippen LogP contribution >= 0.6 is 11.6 Å². The van der Waals surface area contributed by atoms with Crippen LogP contribution in [0, 0.1) is 5.82 Å². The highest BCUT2D eigenvalue weighted by molar-refractivity contribution is 7.89. The average Bonchev–Trinajstić information content (AvgIpc) is 2.84. The Morgan fingerprint density at radius 3 is 2.38 bits per heavy atom. The number of hydrogen-bond donors (Lipinski definition) is 1. The van der Waals surface area contributed by atoms with Crippen molar-refractivity contribution in [1.29, 1.82) is 0 Å². The van der Waals surface area contributed by atoms with Gasteiger partial charge in [-0.3, -0.25) is 14.5 Å². The van der Waals surface area contributed by atoms with Gasteiger partial charge in [0.25, 0.3) is 5.91 Å². The van der Waals surface area contributed by atoms with Crippen molar-refractivity contribution in [1.82, 2.24) is 14.5 Å². The monoisotopic (exact) mass is 583 g/mol. The van der Waals surface area contributed by atoms with E-state index < -0.39 is 28.1 Å². The van der Waals surface area contributed by atoms with Crippen LogP contribution in [0.1, 0.15) is 40.2 Å². The van der Waals surface area contributed by atoms with E-state index in [0.29, 0.717) is 19.6 Å². The van der Waals surface area contributed by atoms with Crippen LogP contribution in [-0.4, -0.2) is 74.0 Å². The number of benzene rings is 2. The standard InChI is InChI=1S/C27H35ClFN3O6S/c1-18-15-32(19(2)14-31(18)16-20-6-9-22(29)10-7-20)25(33)17-37-23-11-8-21(28)12-24(23)39(35,36)30-13-26(34)38-27(3,4)5/h6-12,18-19,30H,13-17H2,1-5H3/t18-,19+/m0/s1. The van der Waals surface area contributed by atoms with Gasteiger partial charge in [0, 0.05) is 36.7 Å². The number of nitrogens with zero attached hydrogens (tertiary/aromatic N) is 2. The van der Waals surface area contributed by atoms with E-state index in [9.17, 15) is 22.4 Å². The molecule has 12 heteroatoms. The lowest BCUT2D eigenvalue weighted by atomic mass is 10.1. The van der Waals surface area contributed by atoms with Crippen molar-refractivity contribution >= 4 is 33.5 Å². The van der Waals surface area contributed by atoms with Crippen molar-refractivity contribution in [3.8, 4) is 5.75 Å². The minimum absolute atomic E-state index is 0.0405. The molecule has 1 N–H and O–H groups in total. The summed E-state index contributed by atoms with van der Waals surface area (Å²) in [4.78, 5) is 28.7. The van der Waals surface area contributed by atoms with E-state index in [4.69, 9.17) is 21.1 Å². The normalized spacial score (nSPS) is 18.6. The van der Waals surface area contributed by atoms with Crippen LogP contribution in [0.15, 0.2) is 47.4 Å². The van der Waals surface area contributed by atoms with Gasteiger partial charge in [0.2, 0.25) is 10.0 Å². The summed E-state index contributed by atoms with van der Waals surface area (Å²) < 4.78 is 52.1. The van der Waals surface area contributed by atoms with Crippen LogP contribution in [0.25, 0.3) is 0 Å². The predicted octanol–water partition coefficient (Wildman–Crippen LogP) is 3.60. The van der Waals surface area contributed by atoms with E-state index in [0.717, 1.165) is 5.56 Å². The Bertz CT molecular complexity index is 1280. The van der Waals surface area contributed by atoms with Crippen LogP contribution in [0.5, 0.6) is 5.75 Å². The summed E-state index contributed by atoms with van der Waals surface area (Å²) in [5, 5.41) is 0.144. The van der Waals surface area contributed by atoms with Gasteiger partial charge in [0.1, 0.15) is 28.6 Å². The molecule has 0 radical (unpaired) electrons. The molecule has 1 heterocycles. The second-order valence-corrected chi connectivity index (χ2v) is 12.8. The first-order chi connectivity index (χ1) is 18.1. The van der Waals surface area contributed by atoms with Crippen molar-refractivity contribution in [3.63, 3.8) is 0 Å². The van der Waals surface area contributed by atoms with E-state index in [1.54, 1.807) is 37.8 Å². The maximum absolute atomic E-state index is 13.2. The fourth-order valence-corrected chi connectivity index (χ4v) is 5.61. The van der Waals surface area contributed by atoms with Gasteiger partial charge in [-0.05, 0) is 70.5 Å². The van der Waals surface area contributed by atoms with Gasteiger partial charge in [0.05, 0.1) is 0 Å². The number of halogens is 2. The molecule has 0 aromatic heterocycles. The van der Waals surface area contributed by atoms with Crippen molar-refractivity contribution < 1.29 is 31.9 Å². The van der Waals surface area contributed by atoms with Crippen molar-refractivity contribution in [2.75, 3.05) is 26.2 Å². The number of piperazine rings is 1. The van der Waals surface area contributed by atoms with Gasteiger partial charge in [-0.15, -0.1) is 0 Å². The van der Waals surface area contributed by atoms with Crippen molar-refractivity contribution in [2.24, 2.45) is 0 Å². The molecule has 1 saturated heterocycles. The van der Waals surface area contributed by atoms with Crippen LogP contribution < -0.4 is 9.46 Å². The topological polar surface area (TPSA) is 105 Å². The number of nitrogens with one attached hydrogen (secondary N) is 1. The third kappa shape index (κ3) is 8.89. The van der Waals surface area contributed by atoms with E-state index in [-0.39, 0.29) is 46.1 Å². The fourth-order valence-electron chi connectivity index (χ4n) is 4.23. The maximum Gasteiger partial charge on any atom is 0.321 e. The van der Waals surface area contributed by atoms with Gasteiger partial charge in [-0.1, -0.05) is 23.7 Å². The predicted molar refractivity (Wildman–Crippen MR) is 145 cm³/mol. The molecule has 0 saturated carbocycles. The summed E-state index contributed by atoms with van der Waals surface area (Å²) in [6, 6.07) is 10.3. The van der Waals surface area contributed by atoms with Gasteiger partial charge < -0.3 is 14.4 Å². The van der Waals surface area contributed by atoms with Gasteiger partial charge in [-0.25, -0.2) is 12.8 Å². The van der Waals surface area contributed by atoms with Gasteiger partial charge >= 0.3 is 5.97 Å². The molecule has 2 atom stereocenters. The molecule has 2 aromatic carbocycles. The molecule has 39 heavy (non-hydrogen) atoms. The second kappa shape index (κ2) is 12.6. The lowest BCUT2D eigenvalue weighted by molar-refractivity contribution is -0.153. The molecule has 1 fully saturated rings. The van der Waals surface area contributed by atoms with Crippen LogP contribution in [0.4, 0.5) is 4.39 Å². The van der Waals surface area contributed by atoms with Crippen molar-refractivity contribution in [3.05, 3.63) is 58.9 Å².